The van der Waals surface area contributed by atoms with E-state index >= 15 is 0 Å². The Balaban J connectivity index is 1.29. The quantitative estimate of drug-likeness (QED) is 0.438. The third-order valence-corrected chi connectivity index (χ3v) is 6.98. The lowest BCUT2D eigenvalue weighted by molar-refractivity contribution is 0.0844. The molecule has 2 aliphatic heterocycles. The maximum Gasteiger partial charge on any atom is 0.255 e. The van der Waals surface area contributed by atoms with Crippen LogP contribution in [0.4, 0.5) is 0 Å². The van der Waals surface area contributed by atoms with Crippen molar-refractivity contribution < 1.29 is 24.1 Å². The van der Waals surface area contributed by atoms with Crippen LogP contribution in [0.2, 0.25) is 0 Å². The average molecular weight is 494 g/mol. The molecule has 2 atom stereocenters. The van der Waals surface area contributed by atoms with Crippen LogP contribution >= 0.6 is 0 Å². The molecule has 1 aliphatic carbocycles. The van der Waals surface area contributed by atoms with Crippen molar-refractivity contribution in [3.8, 4) is 28.5 Å². The molecule has 4 heterocycles. The van der Waals surface area contributed by atoms with Gasteiger partial charge in [0.1, 0.15) is 23.3 Å². The van der Waals surface area contributed by atoms with Crippen LogP contribution in [-0.2, 0) is 0 Å². The largest absolute Gasteiger partial charge is 0.492 e. The number of piperidine rings is 1. The van der Waals surface area contributed by atoms with Gasteiger partial charge in [0.2, 0.25) is 6.79 Å². The fraction of sp³-hybridized carbons (Fsp3) is 0.500. The first-order valence-electron chi connectivity index (χ1n) is 12.7. The molecule has 3 N–H and O–H groups in total. The highest BCUT2D eigenvalue weighted by atomic mass is 16.7. The Morgan fingerprint density at radius 1 is 1.31 bits per heavy atom. The topological polar surface area (TPSA) is 122 Å². The molecule has 10 nitrogen and oxygen atoms in total. The zero-order chi connectivity index (χ0) is 24.6. The minimum absolute atomic E-state index is 0.0154. The average Bonchev–Trinajstić information content (AvgIpc) is 3.38. The second-order valence-electron chi connectivity index (χ2n) is 10.00. The van der Waals surface area contributed by atoms with Crippen LogP contribution in [0.15, 0.2) is 24.7 Å². The molecule has 2 aromatic heterocycles. The number of fused-ring (bicyclic) bond motifs is 2. The molecule has 3 aliphatic rings. The van der Waals surface area contributed by atoms with Crippen LogP contribution in [0, 0.1) is 5.92 Å². The van der Waals surface area contributed by atoms with Crippen molar-refractivity contribution in [3.05, 3.63) is 30.2 Å². The number of rotatable bonds is 8. The van der Waals surface area contributed by atoms with E-state index < -0.39 is 6.10 Å². The van der Waals surface area contributed by atoms with Crippen molar-refractivity contribution in [2.45, 2.75) is 44.8 Å². The van der Waals surface area contributed by atoms with Crippen molar-refractivity contribution in [2.75, 3.05) is 33.0 Å². The number of nitrogens with zero attached hydrogens (tertiary/aromatic N) is 3. The molecule has 0 radical (unpaired) electrons. The fourth-order valence-corrected chi connectivity index (χ4v) is 5.07. The molecule has 6 rings (SSSR count). The molecule has 3 aromatic rings. The molecule has 36 heavy (non-hydrogen) atoms. The number of hydrogen-bond donors (Lipinski definition) is 3. The SMILES string of the molecule is C[C@H](O)CN1CCC[C@@H](NC(=O)c2c[nH]c3c(-c4c(OCC5CC5)ccc5c4OCO5)ncnc23)C1. The minimum Gasteiger partial charge on any atom is -0.492 e. The molecular formula is C26H31N5O5. The number of aliphatic hydroxyl groups is 1. The van der Waals surface area contributed by atoms with Crippen molar-refractivity contribution in [1.29, 1.82) is 0 Å². The molecule has 0 bridgehead atoms. The number of aromatic nitrogens is 3. The highest BCUT2D eigenvalue weighted by Gasteiger charge is 2.29. The van der Waals surface area contributed by atoms with E-state index in [1.807, 2.05) is 12.1 Å². The van der Waals surface area contributed by atoms with E-state index in [2.05, 4.69) is 25.2 Å². The molecule has 10 heteroatoms. The van der Waals surface area contributed by atoms with E-state index in [0.717, 1.165) is 19.4 Å². The monoisotopic (exact) mass is 493 g/mol. The summed E-state index contributed by atoms with van der Waals surface area (Å²) >= 11 is 0. The molecule has 1 saturated carbocycles. The van der Waals surface area contributed by atoms with E-state index in [1.54, 1.807) is 13.1 Å². The lowest BCUT2D eigenvalue weighted by Crippen LogP contribution is -2.49. The van der Waals surface area contributed by atoms with Gasteiger partial charge in [0, 0.05) is 25.3 Å². The van der Waals surface area contributed by atoms with Gasteiger partial charge in [-0.3, -0.25) is 9.69 Å². The van der Waals surface area contributed by atoms with Crippen molar-refractivity contribution in [1.82, 2.24) is 25.2 Å². The number of benzene rings is 1. The van der Waals surface area contributed by atoms with Gasteiger partial charge in [-0.2, -0.15) is 0 Å². The number of carbonyl (C=O) groups excluding carboxylic acids is 1. The smallest absolute Gasteiger partial charge is 0.255 e. The highest BCUT2D eigenvalue weighted by molar-refractivity contribution is 6.08. The summed E-state index contributed by atoms with van der Waals surface area (Å²) in [5, 5.41) is 12.9. The first-order chi connectivity index (χ1) is 17.6. The number of likely N-dealkylation sites (tertiary alicyclic amines) is 1. The Kier molecular flexibility index (Phi) is 6.14. The first-order valence-corrected chi connectivity index (χ1v) is 12.7. The molecule has 1 amide bonds. The Morgan fingerprint density at radius 2 is 2.19 bits per heavy atom. The van der Waals surface area contributed by atoms with Crippen LogP contribution < -0.4 is 19.5 Å². The van der Waals surface area contributed by atoms with Gasteiger partial charge in [0.25, 0.3) is 5.91 Å². The summed E-state index contributed by atoms with van der Waals surface area (Å²) in [6, 6.07) is 3.75. The molecule has 1 aromatic carbocycles. The fourth-order valence-electron chi connectivity index (χ4n) is 5.07. The molecule has 190 valence electrons. The van der Waals surface area contributed by atoms with Gasteiger partial charge < -0.3 is 29.6 Å². The van der Waals surface area contributed by atoms with E-state index in [0.29, 0.717) is 70.7 Å². The van der Waals surface area contributed by atoms with Crippen LogP contribution in [0.1, 0.15) is 43.0 Å². The summed E-state index contributed by atoms with van der Waals surface area (Å²) in [6.45, 7) is 4.82. The Morgan fingerprint density at radius 3 is 3.03 bits per heavy atom. The number of H-pyrrole nitrogens is 1. The molecule has 1 saturated heterocycles. The number of β-amino-alcohol motifs (C(OH)–C–C–N with tert-alkyl or cyclic N) is 1. The Labute approximate surface area is 209 Å². The maximum absolute atomic E-state index is 13.3. The van der Waals surface area contributed by atoms with Gasteiger partial charge in [0.15, 0.2) is 11.5 Å². The van der Waals surface area contributed by atoms with Gasteiger partial charge in [-0.05, 0) is 57.2 Å². The van der Waals surface area contributed by atoms with Crippen LogP contribution in [0.5, 0.6) is 17.2 Å². The van der Waals surface area contributed by atoms with Gasteiger partial charge in [0.05, 0.1) is 29.4 Å². The summed E-state index contributed by atoms with van der Waals surface area (Å²) in [5.74, 6) is 2.30. The number of aliphatic hydroxyl groups excluding tert-OH is 1. The van der Waals surface area contributed by atoms with Gasteiger partial charge >= 0.3 is 0 Å². The minimum atomic E-state index is -0.393. The zero-order valence-corrected chi connectivity index (χ0v) is 20.3. The standard InChI is InChI=1S/C26H31N5O5/c1-15(32)10-31-8-2-3-17(11-31)30-26(33)18-9-27-24-22(18)28-13-29-23(24)21-19(34-12-16-4-5-16)6-7-20-25(21)36-14-35-20/h6-7,9,13,15-17,27,32H,2-5,8,10-12,14H2,1H3,(H,30,33)/t15-,17+/m0/s1. The van der Waals surface area contributed by atoms with E-state index in [1.165, 1.54) is 19.2 Å². The van der Waals surface area contributed by atoms with Crippen molar-refractivity contribution >= 4 is 16.9 Å². The van der Waals surface area contributed by atoms with Crippen LogP contribution in [0.25, 0.3) is 22.3 Å². The third-order valence-electron chi connectivity index (χ3n) is 6.98. The maximum atomic E-state index is 13.3. The summed E-state index contributed by atoms with van der Waals surface area (Å²) in [6.07, 6.45) is 7.00. The van der Waals surface area contributed by atoms with E-state index in [4.69, 9.17) is 14.2 Å². The third kappa shape index (κ3) is 4.58. The predicted molar refractivity (Wildman–Crippen MR) is 132 cm³/mol. The summed E-state index contributed by atoms with van der Waals surface area (Å²) in [7, 11) is 0. The second kappa shape index (κ2) is 9.59. The van der Waals surface area contributed by atoms with Gasteiger partial charge in [-0.25, -0.2) is 9.97 Å². The number of ether oxygens (including phenoxy) is 3. The van der Waals surface area contributed by atoms with Crippen LogP contribution in [0.3, 0.4) is 0 Å². The number of aromatic amines is 1. The lowest BCUT2D eigenvalue weighted by atomic mass is 10.0. The summed E-state index contributed by atoms with van der Waals surface area (Å²) < 4.78 is 17.6. The summed E-state index contributed by atoms with van der Waals surface area (Å²) in [5.41, 5.74) is 2.95. The Bertz CT molecular complexity index is 1270. The molecule has 0 spiro atoms. The first kappa shape index (κ1) is 23.1. The van der Waals surface area contributed by atoms with Gasteiger partial charge in [-0.15, -0.1) is 0 Å². The molecule has 0 unspecified atom stereocenters. The molecule has 2 fully saturated rings. The van der Waals surface area contributed by atoms with E-state index in [-0.39, 0.29) is 18.7 Å². The Hall–Kier alpha value is -3.37. The second-order valence-corrected chi connectivity index (χ2v) is 10.00. The van der Waals surface area contributed by atoms with Crippen LogP contribution in [-0.4, -0.2) is 76.0 Å². The van der Waals surface area contributed by atoms with Crippen molar-refractivity contribution in [2.24, 2.45) is 5.92 Å². The van der Waals surface area contributed by atoms with Crippen molar-refractivity contribution in [3.63, 3.8) is 0 Å². The lowest BCUT2D eigenvalue weighted by Gasteiger charge is -2.33. The highest BCUT2D eigenvalue weighted by Crippen LogP contribution is 2.48. The zero-order valence-electron chi connectivity index (χ0n) is 20.3. The van der Waals surface area contributed by atoms with Gasteiger partial charge in [-0.1, -0.05) is 0 Å². The number of carbonyl (C=O) groups is 1. The predicted octanol–water partition coefficient (Wildman–Crippen LogP) is 2.72. The van der Waals surface area contributed by atoms with E-state index in [9.17, 15) is 9.90 Å². The molecular weight excluding hydrogens is 462 g/mol. The normalized spacial score (nSPS) is 20.4. The number of amides is 1. The number of hydrogen-bond acceptors (Lipinski definition) is 8. The number of nitrogens with one attached hydrogen (secondary N) is 2. The summed E-state index contributed by atoms with van der Waals surface area (Å²) in [4.78, 5) is 27.7.